The van der Waals surface area contributed by atoms with E-state index in [0.717, 1.165) is 0 Å². The Hall–Kier alpha value is -4.01. The molecule has 2 aromatic rings. The SMILES string of the molecule is COc1cc([C@@H]2CC(=O)Oc3cc4c(c(O)c32)C(=O)O[C@H](C)CCCC(=O)CCCC=C4)cc2c1OCCO2. The van der Waals surface area contributed by atoms with Crippen molar-refractivity contribution in [2.24, 2.45) is 0 Å². The lowest BCUT2D eigenvalue weighted by atomic mass is 9.83. The van der Waals surface area contributed by atoms with Gasteiger partial charge in [-0.3, -0.25) is 9.59 Å². The van der Waals surface area contributed by atoms with E-state index in [-0.39, 0.29) is 29.3 Å². The molecule has 0 amide bonds. The predicted octanol–water partition coefficient (Wildman–Crippen LogP) is 5.09. The highest BCUT2D eigenvalue weighted by Gasteiger charge is 2.36. The highest BCUT2D eigenvalue weighted by molar-refractivity contribution is 5.98. The largest absolute Gasteiger partial charge is 0.507 e. The number of phenolic OH excluding ortho intramolecular Hbond substituents is 1. The van der Waals surface area contributed by atoms with Crippen molar-refractivity contribution in [3.63, 3.8) is 0 Å². The van der Waals surface area contributed by atoms with Gasteiger partial charge in [-0.05, 0) is 61.9 Å². The normalized spacial score (nSPS) is 21.6. The molecule has 1 N–H and O–H groups in total. The number of carbonyl (C=O) groups is 3. The number of carbonyl (C=O) groups excluding carboxylic acids is 3. The zero-order valence-corrected chi connectivity index (χ0v) is 22.1. The van der Waals surface area contributed by atoms with Crippen LogP contribution in [0.3, 0.4) is 0 Å². The summed E-state index contributed by atoms with van der Waals surface area (Å²) < 4.78 is 28.3. The van der Waals surface area contributed by atoms with Gasteiger partial charge in [-0.25, -0.2) is 4.79 Å². The number of cyclic esters (lactones) is 1. The summed E-state index contributed by atoms with van der Waals surface area (Å²) in [6, 6.07) is 5.09. The molecule has 3 heterocycles. The molecule has 3 aliphatic heterocycles. The van der Waals surface area contributed by atoms with Crippen LogP contribution < -0.4 is 18.9 Å². The second-order valence-corrected chi connectivity index (χ2v) is 10.0. The van der Waals surface area contributed by atoms with Crippen molar-refractivity contribution in [1.82, 2.24) is 0 Å². The molecule has 0 saturated heterocycles. The molecule has 0 unspecified atom stereocenters. The van der Waals surface area contributed by atoms with Crippen LogP contribution in [0.15, 0.2) is 24.3 Å². The maximum absolute atomic E-state index is 13.4. The quantitative estimate of drug-likeness (QED) is 0.413. The number of rotatable bonds is 2. The molecule has 2 atom stereocenters. The zero-order valence-electron chi connectivity index (χ0n) is 22.1. The highest BCUT2D eigenvalue weighted by atomic mass is 16.6. The Bertz CT molecular complexity index is 1310. The van der Waals surface area contributed by atoms with E-state index in [9.17, 15) is 19.5 Å². The molecule has 206 valence electrons. The Labute approximate surface area is 226 Å². The topological polar surface area (TPSA) is 118 Å². The maximum Gasteiger partial charge on any atom is 0.342 e. The van der Waals surface area contributed by atoms with Crippen molar-refractivity contribution in [3.05, 3.63) is 46.5 Å². The van der Waals surface area contributed by atoms with E-state index in [4.69, 9.17) is 23.7 Å². The summed E-state index contributed by atoms with van der Waals surface area (Å²) >= 11 is 0. The molecule has 3 aliphatic rings. The van der Waals surface area contributed by atoms with Gasteiger partial charge >= 0.3 is 11.9 Å². The van der Waals surface area contributed by atoms with Gasteiger partial charge in [0.15, 0.2) is 11.5 Å². The van der Waals surface area contributed by atoms with Crippen molar-refractivity contribution < 1.29 is 43.2 Å². The first-order valence-electron chi connectivity index (χ1n) is 13.3. The highest BCUT2D eigenvalue weighted by Crippen LogP contribution is 2.50. The van der Waals surface area contributed by atoms with Crippen molar-refractivity contribution >= 4 is 23.8 Å². The van der Waals surface area contributed by atoms with Gasteiger partial charge in [-0.2, -0.15) is 0 Å². The summed E-state index contributed by atoms with van der Waals surface area (Å²) in [4.78, 5) is 38.2. The number of fused-ring (bicyclic) bond motifs is 3. The van der Waals surface area contributed by atoms with Crippen molar-refractivity contribution in [2.45, 2.75) is 63.9 Å². The van der Waals surface area contributed by atoms with E-state index >= 15 is 0 Å². The van der Waals surface area contributed by atoms with E-state index in [1.807, 2.05) is 6.08 Å². The first-order chi connectivity index (χ1) is 18.9. The van der Waals surface area contributed by atoms with E-state index in [0.29, 0.717) is 85.7 Å². The van der Waals surface area contributed by atoms with E-state index in [1.54, 1.807) is 31.2 Å². The Morgan fingerprint density at radius 2 is 1.79 bits per heavy atom. The van der Waals surface area contributed by atoms with Gasteiger partial charge in [0.05, 0.1) is 19.6 Å². The predicted molar refractivity (Wildman–Crippen MR) is 141 cm³/mol. The van der Waals surface area contributed by atoms with Crippen LogP contribution in [-0.2, 0) is 14.3 Å². The molecule has 9 heteroatoms. The lowest BCUT2D eigenvalue weighted by molar-refractivity contribution is -0.135. The number of esters is 2. The summed E-state index contributed by atoms with van der Waals surface area (Å²) in [5.74, 6) is -0.324. The van der Waals surface area contributed by atoms with Crippen LogP contribution in [0.1, 0.15) is 84.8 Å². The van der Waals surface area contributed by atoms with Crippen LogP contribution >= 0.6 is 0 Å². The molecule has 0 aromatic heterocycles. The summed E-state index contributed by atoms with van der Waals surface area (Å²) in [7, 11) is 1.51. The first kappa shape index (κ1) is 26.6. The maximum atomic E-state index is 13.4. The molecule has 0 fully saturated rings. The third-order valence-corrected chi connectivity index (χ3v) is 7.23. The fourth-order valence-electron chi connectivity index (χ4n) is 5.30. The molecule has 5 rings (SSSR count). The molecule has 0 saturated carbocycles. The second kappa shape index (κ2) is 11.4. The summed E-state index contributed by atoms with van der Waals surface area (Å²) in [5, 5.41) is 11.6. The van der Waals surface area contributed by atoms with Gasteiger partial charge in [-0.1, -0.05) is 12.2 Å². The fourth-order valence-corrected chi connectivity index (χ4v) is 5.30. The Morgan fingerprint density at radius 1 is 1.00 bits per heavy atom. The van der Waals surface area contributed by atoms with Gasteiger partial charge in [0.1, 0.15) is 36.1 Å². The summed E-state index contributed by atoms with van der Waals surface area (Å²) in [5.41, 5.74) is 1.35. The van der Waals surface area contributed by atoms with Crippen LogP contribution in [-0.4, -0.2) is 49.3 Å². The van der Waals surface area contributed by atoms with Crippen molar-refractivity contribution in [1.29, 1.82) is 0 Å². The standard InChI is InChI=1S/C30H32O9/c1-17-7-6-10-20(31)9-5-3-4-8-18-13-22-27(28(33)26(18)30(34)38-17)21(16-25(32)39-22)19-14-23(35-2)29-24(15-19)36-11-12-37-29/h4,8,13-15,17,21,33H,3,5-7,9-12,16H2,1-2H3/t17-,21+/m1/s1. The van der Waals surface area contributed by atoms with Gasteiger partial charge in [0, 0.05) is 24.3 Å². The molecule has 0 radical (unpaired) electrons. The summed E-state index contributed by atoms with van der Waals surface area (Å²) in [6.07, 6.45) is 6.43. The molecule has 9 nitrogen and oxygen atoms in total. The van der Waals surface area contributed by atoms with Crippen LogP contribution in [0, 0.1) is 0 Å². The molecule has 39 heavy (non-hydrogen) atoms. The minimum Gasteiger partial charge on any atom is -0.507 e. The lowest BCUT2D eigenvalue weighted by Gasteiger charge is -2.29. The molecular formula is C30H32O9. The minimum atomic E-state index is -0.679. The van der Waals surface area contributed by atoms with Gasteiger partial charge in [-0.15, -0.1) is 0 Å². The molecule has 2 aromatic carbocycles. The second-order valence-electron chi connectivity index (χ2n) is 10.0. The van der Waals surface area contributed by atoms with Gasteiger partial charge < -0.3 is 28.8 Å². The number of hydrogen-bond acceptors (Lipinski definition) is 9. The molecular weight excluding hydrogens is 504 g/mol. The number of benzene rings is 2. The Kier molecular flexibility index (Phi) is 7.77. The number of allylic oxidation sites excluding steroid dienone is 1. The molecule has 0 bridgehead atoms. The number of phenols is 1. The third kappa shape index (κ3) is 5.57. The monoisotopic (exact) mass is 536 g/mol. The molecule has 0 spiro atoms. The fraction of sp³-hybridized carbons (Fsp3) is 0.433. The first-order valence-corrected chi connectivity index (χ1v) is 13.3. The average Bonchev–Trinajstić information content (AvgIpc) is 2.91. The lowest BCUT2D eigenvalue weighted by Crippen LogP contribution is -2.24. The molecule has 0 aliphatic carbocycles. The number of aromatic hydroxyl groups is 1. The van der Waals surface area contributed by atoms with Crippen molar-refractivity contribution in [2.75, 3.05) is 20.3 Å². The van der Waals surface area contributed by atoms with Crippen LogP contribution in [0.4, 0.5) is 0 Å². The van der Waals surface area contributed by atoms with Crippen LogP contribution in [0.5, 0.6) is 28.7 Å². The zero-order chi connectivity index (χ0) is 27.5. The van der Waals surface area contributed by atoms with Crippen LogP contribution in [0.25, 0.3) is 6.08 Å². The number of hydrogen-bond donors (Lipinski definition) is 1. The average molecular weight is 537 g/mol. The number of methoxy groups -OCH3 is 1. The minimum absolute atomic E-state index is 0.0115. The summed E-state index contributed by atoms with van der Waals surface area (Å²) in [6.45, 7) is 2.52. The van der Waals surface area contributed by atoms with Crippen molar-refractivity contribution in [3.8, 4) is 28.7 Å². The van der Waals surface area contributed by atoms with E-state index < -0.39 is 24.0 Å². The Balaban J connectivity index is 1.61. The van der Waals surface area contributed by atoms with E-state index in [2.05, 4.69) is 0 Å². The third-order valence-electron chi connectivity index (χ3n) is 7.23. The number of ether oxygens (including phenoxy) is 5. The smallest absolute Gasteiger partial charge is 0.342 e. The van der Waals surface area contributed by atoms with Crippen LogP contribution in [0.2, 0.25) is 0 Å². The van der Waals surface area contributed by atoms with Gasteiger partial charge in [0.2, 0.25) is 5.75 Å². The number of ketones is 1. The Morgan fingerprint density at radius 3 is 2.62 bits per heavy atom. The number of Topliss-reactive ketones (excluding diaryl/α,β-unsaturated/α-hetero) is 1. The van der Waals surface area contributed by atoms with E-state index in [1.165, 1.54) is 7.11 Å². The van der Waals surface area contributed by atoms with Gasteiger partial charge in [0.25, 0.3) is 0 Å².